The van der Waals surface area contributed by atoms with Crippen molar-refractivity contribution in [3.63, 3.8) is 0 Å². The minimum Gasteiger partial charge on any atom is -0.449 e. The van der Waals surface area contributed by atoms with E-state index in [9.17, 15) is 29.8 Å². The van der Waals surface area contributed by atoms with Crippen LogP contribution in [0.15, 0.2) is 88.2 Å². The molecule has 1 saturated heterocycles. The number of carbonyl (C=O) groups excluding carboxylic acids is 2. The second kappa shape index (κ2) is 10.7. The van der Waals surface area contributed by atoms with Gasteiger partial charge in [0.1, 0.15) is 5.75 Å². The lowest BCUT2D eigenvalue weighted by atomic mass is 10.1. The Morgan fingerprint density at radius 1 is 0.872 bits per heavy atom. The first-order chi connectivity index (χ1) is 18.7. The van der Waals surface area contributed by atoms with Gasteiger partial charge in [-0.05, 0) is 64.5 Å². The van der Waals surface area contributed by atoms with Gasteiger partial charge in [-0.1, -0.05) is 52.3 Å². The summed E-state index contributed by atoms with van der Waals surface area (Å²) in [5, 5.41) is 24.2. The van der Waals surface area contributed by atoms with Crippen molar-refractivity contribution in [1.29, 1.82) is 0 Å². The minimum absolute atomic E-state index is 0.101. The summed E-state index contributed by atoms with van der Waals surface area (Å²) in [5.41, 5.74) is 0.126. The fraction of sp³-hybridized carbons (Fsp3) is 0.0370. The quantitative estimate of drug-likeness (QED) is 0.120. The summed E-state index contributed by atoms with van der Waals surface area (Å²) in [6, 6.07) is 21.3. The lowest BCUT2D eigenvalue weighted by molar-refractivity contribution is -0.394. The molecule has 1 aliphatic heterocycles. The summed E-state index contributed by atoms with van der Waals surface area (Å²) in [4.78, 5) is 48.3. The van der Waals surface area contributed by atoms with E-state index >= 15 is 0 Å². The Labute approximate surface area is 233 Å². The van der Waals surface area contributed by atoms with E-state index in [0.717, 1.165) is 51.2 Å². The van der Waals surface area contributed by atoms with Gasteiger partial charge in [0.15, 0.2) is 0 Å². The predicted octanol–water partition coefficient (Wildman–Crippen LogP) is 7.45. The van der Waals surface area contributed by atoms with Gasteiger partial charge in [-0.15, -0.1) is 0 Å². The number of nitro benzene ring substituents is 2. The fourth-order valence-corrected chi connectivity index (χ4v) is 5.20. The molecule has 0 radical (unpaired) electrons. The number of imide groups is 1. The van der Waals surface area contributed by atoms with Crippen LogP contribution in [-0.4, -0.2) is 25.9 Å². The first-order valence-electron chi connectivity index (χ1n) is 11.3. The van der Waals surface area contributed by atoms with E-state index in [0.29, 0.717) is 10.0 Å². The second-order valence-electron chi connectivity index (χ2n) is 8.40. The van der Waals surface area contributed by atoms with Gasteiger partial charge in [0.2, 0.25) is 5.75 Å². The number of fused-ring (bicyclic) bond motifs is 1. The average Bonchev–Trinajstić information content (AvgIpc) is 3.17. The molecule has 194 valence electrons. The van der Waals surface area contributed by atoms with E-state index in [-0.39, 0.29) is 22.9 Å². The van der Waals surface area contributed by atoms with Crippen molar-refractivity contribution in [2.24, 2.45) is 0 Å². The maximum Gasteiger partial charge on any atom is 0.318 e. The molecule has 0 N–H and O–H groups in total. The molecule has 12 heteroatoms. The molecule has 39 heavy (non-hydrogen) atoms. The topological polar surface area (TPSA) is 133 Å². The van der Waals surface area contributed by atoms with Crippen LogP contribution in [0.3, 0.4) is 0 Å². The van der Waals surface area contributed by atoms with Crippen molar-refractivity contribution in [3.05, 3.63) is 120 Å². The summed E-state index contributed by atoms with van der Waals surface area (Å²) < 4.78 is 6.41. The third kappa shape index (κ3) is 5.52. The largest absolute Gasteiger partial charge is 0.449 e. The highest BCUT2D eigenvalue weighted by molar-refractivity contribution is 9.10. The van der Waals surface area contributed by atoms with Gasteiger partial charge in [-0.3, -0.25) is 34.7 Å². The molecule has 0 aliphatic carbocycles. The van der Waals surface area contributed by atoms with Crippen LogP contribution >= 0.6 is 27.7 Å². The molecule has 0 unspecified atom stereocenters. The summed E-state index contributed by atoms with van der Waals surface area (Å²) in [6.45, 7) is 0.101. The van der Waals surface area contributed by atoms with Gasteiger partial charge in [0.05, 0.1) is 27.4 Å². The Morgan fingerprint density at radius 2 is 1.62 bits per heavy atom. The van der Waals surface area contributed by atoms with Crippen LogP contribution in [0.5, 0.6) is 11.5 Å². The van der Waals surface area contributed by atoms with Gasteiger partial charge >= 0.3 is 5.69 Å². The Kier molecular flexibility index (Phi) is 7.13. The normalized spacial score (nSPS) is 14.3. The molecule has 5 rings (SSSR count). The molecule has 2 amide bonds. The summed E-state index contributed by atoms with van der Waals surface area (Å²) in [7, 11) is 0. The number of thioether (sulfide) groups is 1. The van der Waals surface area contributed by atoms with Gasteiger partial charge in [-0.25, -0.2) is 0 Å². The highest BCUT2D eigenvalue weighted by Gasteiger charge is 2.35. The van der Waals surface area contributed by atoms with Crippen molar-refractivity contribution in [1.82, 2.24) is 4.90 Å². The van der Waals surface area contributed by atoms with Gasteiger partial charge in [0, 0.05) is 16.1 Å². The van der Waals surface area contributed by atoms with Gasteiger partial charge in [-0.2, -0.15) is 0 Å². The third-order valence-corrected chi connectivity index (χ3v) is 7.26. The molecule has 1 fully saturated rings. The number of nitro groups is 2. The van der Waals surface area contributed by atoms with Crippen LogP contribution in [0.25, 0.3) is 16.8 Å². The molecule has 0 aromatic heterocycles. The SMILES string of the molecule is O=C1S/C(=C\c2cc(Br)ccc2Oc2ccc([N+](=O)[O-])cc2[N+](=O)[O-])C(=O)N1Cc1ccc2ccccc2c1. The highest BCUT2D eigenvalue weighted by Crippen LogP contribution is 2.39. The first kappa shape index (κ1) is 26.1. The molecule has 0 spiro atoms. The Balaban J connectivity index is 1.44. The Morgan fingerprint density at radius 3 is 2.36 bits per heavy atom. The molecule has 1 heterocycles. The number of nitrogens with zero attached hydrogens (tertiary/aromatic N) is 3. The molecular formula is C27H16BrN3O7S. The molecule has 4 aromatic carbocycles. The average molecular weight is 606 g/mol. The number of halogens is 1. The number of ether oxygens (including phenoxy) is 1. The van der Waals surface area contributed by atoms with E-state index in [4.69, 9.17) is 4.74 Å². The maximum atomic E-state index is 13.2. The number of carbonyl (C=O) groups is 2. The number of rotatable bonds is 7. The van der Waals surface area contributed by atoms with E-state index in [1.807, 2.05) is 42.5 Å². The van der Waals surface area contributed by atoms with E-state index < -0.39 is 32.4 Å². The lowest BCUT2D eigenvalue weighted by Gasteiger charge is -2.13. The van der Waals surface area contributed by atoms with Gasteiger partial charge < -0.3 is 4.74 Å². The van der Waals surface area contributed by atoms with Crippen LogP contribution in [-0.2, 0) is 11.3 Å². The Bertz CT molecular complexity index is 1720. The number of non-ortho nitro benzene ring substituents is 1. The van der Waals surface area contributed by atoms with Crippen LogP contribution in [0.2, 0.25) is 0 Å². The molecule has 0 atom stereocenters. The van der Waals surface area contributed by atoms with Crippen molar-refractivity contribution in [2.75, 3.05) is 0 Å². The monoisotopic (exact) mass is 605 g/mol. The third-order valence-electron chi connectivity index (χ3n) is 5.86. The van der Waals surface area contributed by atoms with Crippen LogP contribution in [0.4, 0.5) is 16.2 Å². The van der Waals surface area contributed by atoms with Crippen molar-refractivity contribution < 1.29 is 24.2 Å². The lowest BCUT2D eigenvalue weighted by Crippen LogP contribution is -2.27. The molecule has 1 aliphatic rings. The van der Waals surface area contributed by atoms with Crippen LogP contribution in [0.1, 0.15) is 11.1 Å². The van der Waals surface area contributed by atoms with Crippen LogP contribution < -0.4 is 4.74 Å². The standard InChI is InChI=1S/C27H16BrN3O7S/c28-20-7-9-23(38-24-10-8-21(30(34)35)14-22(24)31(36)37)19(12-20)13-25-26(32)29(27(33)39-25)15-16-5-6-17-3-1-2-4-18(17)11-16/h1-14H,15H2/b25-13-. The Hall–Kier alpha value is -4.55. The summed E-state index contributed by atoms with van der Waals surface area (Å²) in [5.74, 6) is -0.547. The van der Waals surface area contributed by atoms with Crippen LogP contribution in [0, 0.1) is 20.2 Å². The van der Waals surface area contributed by atoms with Gasteiger partial charge in [0.25, 0.3) is 16.8 Å². The minimum atomic E-state index is -0.779. The fourth-order valence-electron chi connectivity index (χ4n) is 3.99. The number of hydrogen-bond donors (Lipinski definition) is 0. The van der Waals surface area contributed by atoms with E-state index in [2.05, 4.69) is 15.9 Å². The van der Waals surface area contributed by atoms with Crippen molar-refractivity contribution in [3.8, 4) is 11.5 Å². The molecule has 10 nitrogen and oxygen atoms in total. The van der Waals surface area contributed by atoms with Crippen molar-refractivity contribution in [2.45, 2.75) is 6.54 Å². The zero-order valence-electron chi connectivity index (χ0n) is 19.8. The number of hydrogen-bond acceptors (Lipinski definition) is 8. The summed E-state index contributed by atoms with van der Waals surface area (Å²) >= 11 is 4.14. The van der Waals surface area contributed by atoms with E-state index in [1.165, 1.54) is 12.1 Å². The number of benzene rings is 4. The molecule has 0 bridgehead atoms. The highest BCUT2D eigenvalue weighted by atomic mass is 79.9. The molecule has 0 saturated carbocycles. The maximum absolute atomic E-state index is 13.2. The zero-order chi connectivity index (χ0) is 27.7. The molecule has 4 aromatic rings. The first-order valence-corrected chi connectivity index (χ1v) is 12.9. The second-order valence-corrected chi connectivity index (χ2v) is 10.3. The summed E-state index contributed by atoms with van der Waals surface area (Å²) in [6.07, 6.45) is 1.47. The number of amides is 2. The van der Waals surface area contributed by atoms with Crippen molar-refractivity contribution >= 4 is 67.1 Å². The smallest absolute Gasteiger partial charge is 0.318 e. The molecular weight excluding hydrogens is 590 g/mol. The predicted molar refractivity (Wildman–Crippen MR) is 149 cm³/mol. The zero-order valence-corrected chi connectivity index (χ0v) is 22.2. The van der Waals surface area contributed by atoms with E-state index in [1.54, 1.807) is 12.1 Å².